The van der Waals surface area contributed by atoms with E-state index < -0.39 is 0 Å². The Hall–Kier alpha value is -4.00. The van der Waals surface area contributed by atoms with Crippen LogP contribution in [0.5, 0.6) is 0 Å². The summed E-state index contributed by atoms with van der Waals surface area (Å²) in [5, 5.41) is 0. The van der Waals surface area contributed by atoms with Gasteiger partial charge in [0.1, 0.15) is 0 Å². The van der Waals surface area contributed by atoms with Gasteiger partial charge in [-0.05, 0) is 75.8 Å². The normalized spacial score (nSPS) is 11.2. The van der Waals surface area contributed by atoms with Crippen LogP contribution in [0, 0.1) is 61.5 Å². The summed E-state index contributed by atoms with van der Waals surface area (Å²) in [6.07, 6.45) is 4.80. The van der Waals surface area contributed by atoms with E-state index in [2.05, 4.69) is 210 Å². The zero-order chi connectivity index (χ0) is 43.3. The van der Waals surface area contributed by atoms with E-state index in [0.717, 1.165) is 6.42 Å². The third kappa shape index (κ3) is 12.4. The Morgan fingerprint density at radius 2 is 1.10 bits per heavy atom. The third-order valence-corrected chi connectivity index (χ3v) is 13.3. The zero-order valence-corrected chi connectivity index (χ0v) is 43.1. The topological polar surface area (TPSA) is 0 Å². The van der Waals surface area contributed by atoms with Crippen molar-refractivity contribution in [2.75, 3.05) is 0 Å². The molecule has 0 atom stereocenters. The fourth-order valence-electron chi connectivity index (χ4n) is 8.77. The first-order chi connectivity index (χ1) is 28.5. The molecule has 1 aliphatic carbocycles. The van der Waals surface area contributed by atoms with Crippen LogP contribution in [0.25, 0.3) is 33.4 Å². The second-order valence-electron chi connectivity index (χ2n) is 18.3. The molecule has 320 valence electrons. The molecule has 0 bridgehead atoms. The van der Waals surface area contributed by atoms with Crippen molar-refractivity contribution in [2.24, 2.45) is 0 Å². The molecule has 0 spiro atoms. The first-order valence-electron chi connectivity index (χ1n) is 21.9. The van der Waals surface area contributed by atoms with E-state index in [9.17, 15) is 0 Å². The molecular formula is C59H64Cl2Zr-2. The van der Waals surface area contributed by atoms with E-state index in [0.29, 0.717) is 5.41 Å². The second-order valence-corrected chi connectivity index (χ2v) is 19.6. The molecule has 0 nitrogen and oxygen atoms in total. The SMILES string of the molecule is CCCCc1cc(C(C)(C)C)c[cH-]1.Cc1cc(C)c(-c2[c-]c3c(cc2)-c2ccc(-c4c(C)cc(C)cc4C)cc2C3)c(C)c1.Cc1ccc([C](=[Zr+2])c2ccc(C)cc2)cc1.[Cl-].[Cl-]. The van der Waals surface area contributed by atoms with Crippen molar-refractivity contribution in [1.29, 1.82) is 0 Å². The number of benzene rings is 6. The molecule has 0 saturated carbocycles. The number of aryl methyl sites for hydroxylation is 9. The molecule has 7 aromatic rings. The molecule has 3 heteroatoms. The van der Waals surface area contributed by atoms with Gasteiger partial charge in [-0.25, -0.2) is 6.07 Å². The molecule has 0 heterocycles. The molecule has 0 saturated heterocycles. The number of rotatable bonds is 7. The van der Waals surface area contributed by atoms with E-state index in [-0.39, 0.29) is 24.8 Å². The Morgan fingerprint density at radius 3 is 1.58 bits per heavy atom. The quantitative estimate of drug-likeness (QED) is 0.140. The van der Waals surface area contributed by atoms with Crippen LogP contribution in [0.3, 0.4) is 0 Å². The minimum Gasteiger partial charge on any atom is -1.00 e. The number of hydrogen-bond donors (Lipinski definition) is 0. The molecule has 7 aromatic carbocycles. The molecule has 0 radical (unpaired) electrons. The monoisotopic (exact) mass is 932 g/mol. The second kappa shape index (κ2) is 22.1. The maximum Gasteiger partial charge on any atom is -1.00 e. The van der Waals surface area contributed by atoms with Crippen molar-refractivity contribution in [1.82, 2.24) is 0 Å². The standard InChI is InChI=1S/C31H29.C15H14.C13H21.2ClH.Zr/c1-18-11-20(3)30(21(4)12-18)24-7-9-28-26(15-24)17-27-16-25(8-10-29(27)28)31-22(5)13-19(2)14-23(31)6;1-12-3-7-14(8-4-12)11-15-9-5-13(2)6-10-15;1-5-6-7-11-8-9-12(10-11)13(2,3)4;;;/h7-15H,17H2,1-6H3;3-10H,1-2H3;8-10H,5-7H2,1-4H3;2*1H;/q-1;;-1;;;+2/p-2. The largest absolute Gasteiger partial charge is 1.00 e. The van der Waals surface area contributed by atoms with Crippen LogP contribution in [0.1, 0.15) is 118 Å². The van der Waals surface area contributed by atoms with Gasteiger partial charge in [-0.2, -0.15) is 23.3 Å². The number of unbranched alkanes of at least 4 members (excludes halogenated alkanes) is 1. The summed E-state index contributed by atoms with van der Waals surface area (Å²) in [6, 6.07) is 48.9. The van der Waals surface area contributed by atoms with Crippen LogP contribution in [0.15, 0.2) is 121 Å². The summed E-state index contributed by atoms with van der Waals surface area (Å²) in [5.74, 6) is 0. The van der Waals surface area contributed by atoms with Crippen molar-refractivity contribution in [3.8, 4) is 33.4 Å². The predicted octanol–water partition coefficient (Wildman–Crippen LogP) is 9.72. The average Bonchev–Trinajstić information content (AvgIpc) is 3.82. The minimum atomic E-state index is 0. The number of fused-ring (bicyclic) bond motifs is 3. The Morgan fingerprint density at radius 1 is 0.597 bits per heavy atom. The van der Waals surface area contributed by atoms with Gasteiger partial charge in [0.25, 0.3) is 0 Å². The molecule has 0 unspecified atom stereocenters. The smallest absolute Gasteiger partial charge is 1.00 e. The van der Waals surface area contributed by atoms with E-state index in [1.807, 2.05) is 0 Å². The maximum atomic E-state index is 3.78. The van der Waals surface area contributed by atoms with Gasteiger partial charge in [-0.3, -0.25) is 0 Å². The van der Waals surface area contributed by atoms with Crippen LogP contribution < -0.4 is 24.8 Å². The fourth-order valence-corrected chi connectivity index (χ4v) is 9.59. The van der Waals surface area contributed by atoms with E-state index in [1.54, 1.807) is 0 Å². The Labute approximate surface area is 402 Å². The summed E-state index contributed by atoms with van der Waals surface area (Å²) < 4.78 is 1.42. The molecule has 0 amide bonds. The molecule has 0 fully saturated rings. The summed E-state index contributed by atoms with van der Waals surface area (Å²) in [4.78, 5) is 0. The molecule has 62 heavy (non-hydrogen) atoms. The first kappa shape index (κ1) is 50.6. The molecule has 0 aromatic heterocycles. The molecule has 0 N–H and O–H groups in total. The van der Waals surface area contributed by atoms with Crippen molar-refractivity contribution < 1.29 is 49.0 Å². The summed E-state index contributed by atoms with van der Waals surface area (Å²) in [5.41, 5.74) is 27.3. The van der Waals surface area contributed by atoms with Crippen molar-refractivity contribution in [3.63, 3.8) is 0 Å². The molecular weight excluding hydrogens is 871 g/mol. The zero-order valence-electron chi connectivity index (χ0n) is 39.1. The van der Waals surface area contributed by atoms with Crippen molar-refractivity contribution >= 4 is 3.21 Å². The van der Waals surface area contributed by atoms with Crippen LogP contribution in [0.2, 0.25) is 0 Å². The average molecular weight is 935 g/mol. The number of hydrogen-bond acceptors (Lipinski definition) is 0. The van der Waals surface area contributed by atoms with Crippen molar-refractivity contribution in [3.05, 3.63) is 205 Å². The van der Waals surface area contributed by atoms with Gasteiger partial charge >= 0.3 is 112 Å². The predicted molar refractivity (Wildman–Crippen MR) is 258 cm³/mol. The van der Waals surface area contributed by atoms with E-state index in [1.165, 1.54) is 158 Å². The van der Waals surface area contributed by atoms with Crippen LogP contribution in [-0.2, 0) is 42.5 Å². The molecule has 8 rings (SSSR count). The van der Waals surface area contributed by atoms with Crippen LogP contribution >= 0.6 is 0 Å². The molecule has 1 aliphatic rings. The number of halogens is 2. The van der Waals surface area contributed by atoms with Gasteiger partial charge in [-0.15, -0.1) is 29.3 Å². The van der Waals surface area contributed by atoms with Gasteiger partial charge in [0.2, 0.25) is 0 Å². The van der Waals surface area contributed by atoms with E-state index in [4.69, 9.17) is 0 Å². The first-order valence-corrected chi connectivity index (χ1v) is 23.1. The van der Waals surface area contributed by atoms with Crippen LogP contribution in [0.4, 0.5) is 0 Å². The van der Waals surface area contributed by atoms with Gasteiger partial charge in [-0.1, -0.05) is 134 Å². The van der Waals surface area contributed by atoms with Gasteiger partial charge in [0, 0.05) is 0 Å². The fraction of sp³-hybridized carbons (Fsp3) is 0.288. The Kier molecular flexibility index (Phi) is 18.0. The third-order valence-electron chi connectivity index (χ3n) is 11.9. The summed E-state index contributed by atoms with van der Waals surface area (Å²) in [6.45, 7) is 26.5. The summed E-state index contributed by atoms with van der Waals surface area (Å²) >= 11 is 1.46. The van der Waals surface area contributed by atoms with Gasteiger partial charge in [0.05, 0.1) is 0 Å². The Balaban J connectivity index is 0.000000229. The summed E-state index contributed by atoms with van der Waals surface area (Å²) in [7, 11) is 0. The maximum absolute atomic E-state index is 3.78. The van der Waals surface area contributed by atoms with Gasteiger partial charge < -0.3 is 24.8 Å². The Bertz CT molecular complexity index is 2410. The van der Waals surface area contributed by atoms with E-state index >= 15 is 0 Å². The molecule has 0 aliphatic heterocycles. The van der Waals surface area contributed by atoms with Gasteiger partial charge in [0.15, 0.2) is 0 Å². The minimum absolute atomic E-state index is 0. The van der Waals surface area contributed by atoms with Crippen molar-refractivity contribution in [2.45, 2.75) is 114 Å². The van der Waals surface area contributed by atoms with Crippen LogP contribution in [-0.4, -0.2) is 3.21 Å².